The van der Waals surface area contributed by atoms with Gasteiger partial charge in [0.15, 0.2) is 0 Å². The van der Waals surface area contributed by atoms with Gasteiger partial charge >= 0.3 is 5.97 Å². The first-order valence-corrected chi connectivity index (χ1v) is 8.19. The van der Waals surface area contributed by atoms with Crippen LogP contribution in [-0.4, -0.2) is 42.1 Å². The third-order valence-corrected chi connectivity index (χ3v) is 4.75. The van der Waals surface area contributed by atoms with Crippen LogP contribution in [0.4, 0.5) is 0 Å². The molecule has 126 valence electrons. The molecule has 0 atom stereocenters. The van der Waals surface area contributed by atoms with E-state index in [9.17, 15) is 9.59 Å². The second-order valence-corrected chi connectivity index (χ2v) is 6.05. The third-order valence-electron chi connectivity index (χ3n) is 4.75. The number of carboxylic acids is 1. The van der Waals surface area contributed by atoms with E-state index in [1.807, 2.05) is 31.2 Å². The molecule has 0 aromatic heterocycles. The number of aliphatic carboxylic acids is 1. The van der Waals surface area contributed by atoms with E-state index in [0.29, 0.717) is 6.54 Å². The maximum absolute atomic E-state index is 13.2. The van der Waals surface area contributed by atoms with Gasteiger partial charge in [0, 0.05) is 13.1 Å². The Labute approximate surface area is 137 Å². The van der Waals surface area contributed by atoms with Crippen LogP contribution in [0.25, 0.3) is 0 Å². The molecule has 0 radical (unpaired) electrons. The molecule has 0 aliphatic heterocycles. The Balaban J connectivity index is 2.31. The fourth-order valence-electron chi connectivity index (χ4n) is 3.46. The van der Waals surface area contributed by atoms with E-state index in [-0.39, 0.29) is 18.9 Å². The minimum Gasteiger partial charge on any atom is -0.497 e. The Bertz CT molecular complexity index is 564. The van der Waals surface area contributed by atoms with Crippen molar-refractivity contribution in [1.82, 2.24) is 4.90 Å². The van der Waals surface area contributed by atoms with E-state index in [1.165, 1.54) is 0 Å². The van der Waals surface area contributed by atoms with Crippen LogP contribution in [0.2, 0.25) is 0 Å². The zero-order chi connectivity index (χ0) is 16.9. The first-order chi connectivity index (χ1) is 11.0. The number of hydrogen-bond donors (Lipinski definition) is 1. The van der Waals surface area contributed by atoms with Crippen molar-refractivity contribution >= 4 is 11.9 Å². The summed E-state index contributed by atoms with van der Waals surface area (Å²) in [5, 5.41) is 8.90. The van der Waals surface area contributed by atoms with Gasteiger partial charge in [-0.1, -0.05) is 25.0 Å². The molecule has 0 unspecified atom stereocenters. The first-order valence-electron chi connectivity index (χ1n) is 8.19. The molecule has 5 nitrogen and oxygen atoms in total. The van der Waals surface area contributed by atoms with Gasteiger partial charge in [0.2, 0.25) is 5.91 Å². The zero-order valence-corrected chi connectivity index (χ0v) is 13.9. The predicted octanol–water partition coefficient (Wildman–Crippen LogP) is 2.83. The smallest absolute Gasteiger partial charge is 0.305 e. The lowest BCUT2D eigenvalue weighted by Crippen LogP contribution is -2.46. The molecule has 1 fully saturated rings. The summed E-state index contributed by atoms with van der Waals surface area (Å²) in [6, 6.07) is 7.71. The number of nitrogens with zero attached hydrogens (tertiary/aromatic N) is 1. The van der Waals surface area contributed by atoms with Crippen molar-refractivity contribution in [3.63, 3.8) is 0 Å². The number of carboxylic acid groups (broad SMARTS) is 1. The Morgan fingerprint density at radius 3 is 2.57 bits per heavy atom. The summed E-state index contributed by atoms with van der Waals surface area (Å²) in [6.45, 7) is 2.68. The minimum atomic E-state index is -0.877. The van der Waals surface area contributed by atoms with Crippen molar-refractivity contribution in [1.29, 1.82) is 0 Å². The Kier molecular flexibility index (Phi) is 5.64. The average Bonchev–Trinajstić information content (AvgIpc) is 3.06. The van der Waals surface area contributed by atoms with Crippen LogP contribution in [-0.2, 0) is 15.0 Å². The molecular formula is C18H25NO4. The van der Waals surface area contributed by atoms with Gasteiger partial charge in [0.25, 0.3) is 0 Å². The average molecular weight is 319 g/mol. The maximum Gasteiger partial charge on any atom is 0.305 e. The van der Waals surface area contributed by atoms with Crippen molar-refractivity contribution in [2.24, 2.45) is 0 Å². The predicted molar refractivity (Wildman–Crippen MR) is 87.6 cm³/mol. The SMILES string of the molecule is CCN(CCC(=O)O)C(=O)C1(c2cccc(OC)c2)CCCC1. The van der Waals surface area contributed by atoms with Crippen molar-refractivity contribution in [3.05, 3.63) is 29.8 Å². The summed E-state index contributed by atoms with van der Waals surface area (Å²) in [5.74, 6) is -0.0831. The summed E-state index contributed by atoms with van der Waals surface area (Å²) in [7, 11) is 1.62. The Morgan fingerprint density at radius 1 is 1.30 bits per heavy atom. The van der Waals surface area contributed by atoms with Crippen LogP contribution in [0.15, 0.2) is 24.3 Å². The molecule has 0 spiro atoms. The highest BCUT2D eigenvalue weighted by Crippen LogP contribution is 2.43. The van der Waals surface area contributed by atoms with Crippen LogP contribution in [0.1, 0.15) is 44.6 Å². The minimum absolute atomic E-state index is 0.0201. The summed E-state index contributed by atoms with van der Waals surface area (Å²) in [4.78, 5) is 25.7. The van der Waals surface area contributed by atoms with Crippen LogP contribution < -0.4 is 4.74 Å². The number of hydrogen-bond acceptors (Lipinski definition) is 3. The highest BCUT2D eigenvalue weighted by atomic mass is 16.5. The standard InChI is InChI=1S/C18H25NO4/c1-3-19(12-9-16(20)21)17(22)18(10-4-5-11-18)14-7-6-8-15(13-14)23-2/h6-8,13H,3-5,9-12H2,1-2H3,(H,20,21). The van der Waals surface area contributed by atoms with E-state index >= 15 is 0 Å². The summed E-state index contributed by atoms with van der Waals surface area (Å²) in [6.07, 6.45) is 3.62. The maximum atomic E-state index is 13.2. The van der Waals surface area contributed by atoms with Gasteiger partial charge in [0.05, 0.1) is 18.9 Å². The summed E-state index contributed by atoms with van der Waals surface area (Å²) < 4.78 is 5.30. The normalized spacial score (nSPS) is 16.1. The van der Waals surface area contributed by atoms with E-state index in [4.69, 9.17) is 9.84 Å². The van der Waals surface area contributed by atoms with Crippen LogP contribution in [0, 0.1) is 0 Å². The second-order valence-electron chi connectivity index (χ2n) is 6.05. The van der Waals surface area contributed by atoms with Crippen molar-refractivity contribution in [3.8, 4) is 5.75 Å². The fourth-order valence-corrected chi connectivity index (χ4v) is 3.46. The quantitative estimate of drug-likeness (QED) is 0.839. The van der Waals surface area contributed by atoms with Gasteiger partial charge in [-0.2, -0.15) is 0 Å². The highest BCUT2D eigenvalue weighted by molar-refractivity contribution is 5.89. The van der Waals surface area contributed by atoms with Crippen molar-refractivity contribution in [2.75, 3.05) is 20.2 Å². The molecule has 0 heterocycles. The summed E-state index contributed by atoms with van der Waals surface area (Å²) >= 11 is 0. The lowest BCUT2D eigenvalue weighted by atomic mass is 9.77. The number of amides is 1. The highest BCUT2D eigenvalue weighted by Gasteiger charge is 2.44. The molecule has 23 heavy (non-hydrogen) atoms. The lowest BCUT2D eigenvalue weighted by Gasteiger charge is -2.34. The van der Waals surface area contributed by atoms with Crippen molar-refractivity contribution in [2.45, 2.75) is 44.4 Å². The molecule has 2 rings (SSSR count). The summed E-state index contributed by atoms with van der Waals surface area (Å²) in [5.41, 5.74) is 0.441. The second kappa shape index (κ2) is 7.49. The number of ether oxygens (including phenoxy) is 1. The topological polar surface area (TPSA) is 66.8 Å². The number of methoxy groups -OCH3 is 1. The van der Waals surface area contributed by atoms with Gasteiger partial charge in [0.1, 0.15) is 5.75 Å². The molecule has 1 aliphatic rings. The molecular weight excluding hydrogens is 294 g/mol. The van der Waals surface area contributed by atoms with E-state index in [1.54, 1.807) is 12.0 Å². The van der Waals surface area contributed by atoms with Crippen LogP contribution in [0.5, 0.6) is 5.75 Å². The van der Waals surface area contributed by atoms with Crippen molar-refractivity contribution < 1.29 is 19.4 Å². The molecule has 0 saturated heterocycles. The number of likely N-dealkylation sites (N-methyl/N-ethyl adjacent to an activating group) is 1. The van der Waals surface area contributed by atoms with E-state index in [0.717, 1.165) is 37.0 Å². The Morgan fingerprint density at radius 2 is 2.00 bits per heavy atom. The molecule has 1 N–H and O–H groups in total. The van der Waals surface area contributed by atoms with Gasteiger partial charge in [-0.15, -0.1) is 0 Å². The first kappa shape index (κ1) is 17.3. The van der Waals surface area contributed by atoms with Crippen LogP contribution >= 0.6 is 0 Å². The van der Waals surface area contributed by atoms with E-state index < -0.39 is 11.4 Å². The zero-order valence-electron chi connectivity index (χ0n) is 13.9. The van der Waals surface area contributed by atoms with Gasteiger partial charge in [-0.3, -0.25) is 9.59 Å². The molecule has 1 aromatic rings. The lowest BCUT2D eigenvalue weighted by molar-refractivity contribution is -0.140. The fraction of sp³-hybridized carbons (Fsp3) is 0.556. The molecule has 5 heteroatoms. The molecule has 1 saturated carbocycles. The molecule has 1 amide bonds. The molecule has 1 aliphatic carbocycles. The molecule has 1 aromatic carbocycles. The Hall–Kier alpha value is -2.04. The number of carbonyl (C=O) groups excluding carboxylic acids is 1. The molecule has 0 bridgehead atoms. The number of rotatable bonds is 7. The van der Waals surface area contributed by atoms with Gasteiger partial charge < -0.3 is 14.7 Å². The van der Waals surface area contributed by atoms with E-state index in [2.05, 4.69) is 0 Å². The van der Waals surface area contributed by atoms with Gasteiger partial charge in [-0.25, -0.2) is 0 Å². The van der Waals surface area contributed by atoms with Crippen LogP contribution in [0.3, 0.4) is 0 Å². The largest absolute Gasteiger partial charge is 0.497 e. The third kappa shape index (κ3) is 3.66. The van der Waals surface area contributed by atoms with Gasteiger partial charge in [-0.05, 0) is 37.5 Å². The number of benzene rings is 1. The number of carbonyl (C=O) groups is 2. The monoisotopic (exact) mass is 319 g/mol.